The van der Waals surface area contributed by atoms with Crippen LogP contribution in [-0.2, 0) is 4.79 Å². The molecule has 0 rings (SSSR count). The zero-order valence-electron chi connectivity index (χ0n) is 9.03. The Balaban J connectivity index is 4.37. The molecular formula is C10H18N2O2. The van der Waals surface area contributed by atoms with Gasteiger partial charge in [0.05, 0.1) is 18.7 Å². The van der Waals surface area contributed by atoms with Crippen LogP contribution < -0.4 is 0 Å². The number of carbonyl (C=O) groups is 1. The summed E-state index contributed by atoms with van der Waals surface area (Å²) in [6, 6.07) is 1.84. The number of nitrogens with zero attached hydrogens (tertiary/aromatic N) is 2. The Labute approximate surface area is 85.1 Å². The number of hydrogen-bond acceptors (Lipinski definition) is 3. The molecule has 0 aromatic carbocycles. The van der Waals surface area contributed by atoms with E-state index in [9.17, 15) is 4.79 Å². The SMILES string of the molecule is CCC(C#N)N(CC(=O)O)CC(C)C. The molecule has 1 atom stereocenters. The third-order valence-electron chi connectivity index (χ3n) is 1.91. The van der Waals surface area contributed by atoms with Crippen LogP contribution in [-0.4, -0.2) is 35.1 Å². The molecule has 0 amide bonds. The summed E-state index contributed by atoms with van der Waals surface area (Å²) < 4.78 is 0. The smallest absolute Gasteiger partial charge is 0.317 e. The summed E-state index contributed by atoms with van der Waals surface area (Å²) in [5, 5.41) is 17.5. The molecule has 0 spiro atoms. The van der Waals surface area contributed by atoms with Crippen LogP contribution in [0.15, 0.2) is 0 Å². The molecule has 4 heteroatoms. The Morgan fingerprint density at radius 3 is 2.43 bits per heavy atom. The van der Waals surface area contributed by atoms with Gasteiger partial charge in [-0.1, -0.05) is 20.8 Å². The van der Waals surface area contributed by atoms with Gasteiger partial charge in [0.25, 0.3) is 0 Å². The van der Waals surface area contributed by atoms with E-state index in [0.717, 1.165) is 0 Å². The lowest BCUT2D eigenvalue weighted by Gasteiger charge is -2.26. The minimum atomic E-state index is -0.876. The van der Waals surface area contributed by atoms with E-state index in [0.29, 0.717) is 18.9 Å². The van der Waals surface area contributed by atoms with E-state index in [-0.39, 0.29) is 12.6 Å². The van der Waals surface area contributed by atoms with Crippen molar-refractivity contribution < 1.29 is 9.90 Å². The van der Waals surface area contributed by atoms with Gasteiger partial charge < -0.3 is 5.11 Å². The molecule has 0 fully saturated rings. The average molecular weight is 198 g/mol. The van der Waals surface area contributed by atoms with E-state index in [1.54, 1.807) is 4.90 Å². The lowest BCUT2D eigenvalue weighted by molar-refractivity contribution is -0.138. The van der Waals surface area contributed by atoms with Crippen LogP contribution in [0, 0.1) is 17.2 Å². The summed E-state index contributed by atoms with van der Waals surface area (Å²) in [6.45, 7) is 6.52. The Morgan fingerprint density at radius 2 is 2.14 bits per heavy atom. The van der Waals surface area contributed by atoms with Gasteiger partial charge in [0.1, 0.15) is 0 Å². The fourth-order valence-electron chi connectivity index (χ4n) is 1.38. The highest BCUT2D eigenvalue weighted by molar-refractivity contribution is 5.69. The maximum Gasteiger partial charge on any atom is 0.317 e. The lowest BCUT2D eigenvalue weighted by Crippen LogP contribution is -2.40. The van der Waals surface area contributed by atoms with Gasteiger partial charge >= 0.3 is 5.97 Å². The van der Waals surface area contributed by atoms with Crippen LogP contribution in [0.4, 0.5) is 0 Å². The largest absolute Gasteiger partial charge is 0.480 e. The second kappa shape index (κ2) is 6.39. The minimum Gasteiger partial charge on any atom is -0.480 e. The summed E-state index contributed by atoms with van der Waals surface area (Å²) in [4.78, 5) is 12.3. The quantitative estimate of drug-likeness (QED) is 0.699. The number of nitriles is 1. The Kier molecular flexibility index (Phi) is 5.89. The Hall–Kier alpha value is -1.08. The predicted octanol–water partition coefficient (Wildman–Crippen LogP) is 1.33. The van der Waals surface area contributed by atoms with E-state index in [1.165, 1.54) is 0 Å². The number of carboxylic acid groups (broad SMARTS) is 1. The third-order valence-corrected chi connectivity index (χ3v) is 1.91. The van der Waals surface area contributed by atoms with Crippen molar-refractivity contribution >= 4 is 5.97 Å². The van der Waals surface area contributed by atoms with Gasteiger partial charge in [-0.05, 0) is 12.3 Å². The number of hydrogen-bond donors (Lipinski definition) is 1. The molecule has 0 saturated carbocycles. The maximum atomic E-state index is 10.6. The zero-order chi connectivity index (χ0) is 11.1. The van der Waals surface area contributed by atoms with Crippen molar-refractivity contribution in [2.24, 2.45) is 5.92 Å². The van der Waals surface area contributed by atoms with Crippen molar-refractivity contribution in [3.8, 4) is 6.07 Å². The molecule has 14 heavy (non-hydrogen) atoms. The summed E-state index contributed by atoms with van der Waals surface area (Å²) in [7, 11) is 0. The van der Waals surface area contributed by atoms with Gasteiger partial charge in [-0.25, -0.2) is 0 Å². The molecule has 0 aliphatic heterocycles. The molecule has 0 saturated heterocycles. The van der Waals surface area contributed by atoms with Crippen LogP contribution in [0.3, 0.4) is 0 Å². The normalized spacial score (nSPS) is 12.9. The van der Waals surface area contributed by atoms with Gasteiger partial charge in [-0.2, -0.15) is 5.26 Å². The summed E-state index contributed by atoms with van der Waals surface area (Å²) in [6.07, 6.45) is 0.663. The van der Waals surface area contributed by atoms with Crippen molar-refractivity contribution in [1.82, 2.24) is 4.90 Å². The summed E-state index contributed by atoms with van der Waals surface area (Å²) >= 11 is 0. The monoisotopic (exact) mass is 198 g/mol. The highest BCUT2D eigenvalue weighted by Crippen LogP contribution is 2.06. The third kappa shape index (κ3) is 4.83. The van der Waals surface area contributed by atoms with E-state index in [2.05, 4.69) is 6.07 Å². The summed E-state index contributed by atoms with van der Waals surface area (Å²) in [5.74, 6) is -0.504. The highest BCUT2D eigenvalue weighted by atomic mass is 16.4. The molecule has 1 unspecified atom stereocenters. The van der Waals surface area contributed by atoms with E-state index in [4.69, 9.17) is 10.4 Å². The van der Waals surface area contributed by atoms with Crippen LogP contribution in [0.1, 0.15) is 27.2 Å². The van der Waals surface area contributed by atoms with Crippen molar-refractivity contribution in [2.75, 3.05) is 13.1 Å². The number of carboxylic acids is 1. The van der Waals surface area contributed by atoms with Crippen molar-refractivity contribution in [2.45, 2.75) is 33.2 Å². The van der Waals surface area contributed by atoms with Gasteiger partial charge in [0.2, 0.25) is 0 Å². The highest BCUT2D eigenvalue weighted by Gasteiger charge is 2.19. The Morgan fingerprint density at radius 1 is 1.57 bits per heavy atom. The minimum absolute atomic E-state index is 0.0513. The standard InChI is InChI=1S/C10H18N2O2/c1-4-9(5-11)12(6-8(2)3)7-10(13)14/h8-9H,4,6-7H2,1-3H3,(H,13,14). The number of rotatable bonds is 6. The second-order valence-corrected chi connectivity index (χ2v) is 3.77. The van der Waals surface area contributed by atoms with Crippen molar-refractivity contribution in [3.63, 3.8) is 0 Å². The first kappa shape index (κ1) is 12.9. The van der Waals surface area contributed by atoms with Crippen LogP contribution in [0.2, 0.25) is 0 Å². The number of aliphatic carboxylic acids is 1. The van der Waals surface area contributed by atoms with E-state index < -0.39 is 5.97 Å². The molecule has 0 bridgehead atoms. The lowest BCUT2D eigenvalue weighted by atomic mass is 10.1. The molecular weight excluding hydrogens is 180 g/mol. The summed E-state index contributed by atoms with van der Waals surface area (Å²) in [5.41, 5.74) is 0. The molecule has 0 aromatic rings. The van der Waals surface area contributed by atoms with Crippen LogP contribution in [0.25, 0.3) is 0 Å². The first-order valence-electron chi connectivity index (χ1n) is 4.86. The van der Waals surface area contributed by atoms with Gasteiger partial charge in [-0.3, -0.25) is 9.69 Å². The molecule has 0 aliphatic carbocycles. The van der Waals surface area contributed by atoms with Crippen molar-refractivity contribution in [3.05, 3.63) is 0 Å². The molecule has 1 N–H and O–H groups in total. The fourth-order valence-corrected chi connectivity index (χ4v) is 1.38. The first-order chi connectivity index (χ1) is 6.51. The van der Waals surface area contributed by atoms with E-state index in [1.807, 2.05) is 20.8 Å². The first-order valence-corrected chi connectivity index (χ1v) is 4.86. The molecule has 0 aromatic heterocycles. The topological polar surface area (TPSA) is 64.3 Å². The van der Waals surface area contributed by atoms with Gasteiger partial charge in [-0.15, -0.1) is 0 Å². The van der Waals surface area contributed by atoms with Gasteiger partial charge in [0, 0.05) is 6.54 Å². The maximum absolute atomic E-state index is 10.6. The van der Waals surface area contributed by atoms with E-state index >= 15 is 0 Å². The van der Waals surface area contributed by atoms with Crippen molar-refractivity contribution in [1.29, 1.82) is 5.26 Å². The van der Waals surface area contributed by atoms with Crippen LogP contribution in [0.5, 0.6) is 0 Å². The second-order valence-electron chi connectivity index (χ2n) is 3.77. The molecule has 4 nitrogen and oxygen atoms in total. The molecule has 80 valence electrons. The average Bonchev–Trinajstić information content (AvgIpc) is 2.03. The zero-order valence-corrected chi connectivity index (χ0v) is 9.03. The van der Waals surface area contributed by atoms with Crippen LogP contribution >= 0.6 is 0 Å². The molecule has 0 aliphatic rings. The van der Waals surface area contributed by atoms with Gasteiger partial charge in [0.15, 0.2) is 0 Å². The predicted molar refractivity (Wildman–Crippen MR) is 53.7 cm³/mol. The molecule has 0 heterocycles. The molecule has 0 radical (unpaired) electrons. The Bertz CT molecular complexity index is 221. The fraction of sp³-hybridized carbons (Fsp3) is 0.800.